The van der Waals surface area contributed by atoms with Gasteiger partial charge in [-0.2, -0.15) is 0 Å². The molecule has 1 aliphatic carbocycles. The number of carbonyl (C=O) groups excluding carboxylic acids is 2. The molecule has 1 atom stereocenters. The lowest BCUT2D eigenvalue weighted by Gasteiger charge is -2.23. The summed E-state index contributed by atoms with van der Waals surface area (Å²) >= 11 is 0. The van der Waals surface area contributed by atoms with Gasteiger partial charge >= 0.3 is 0 Å². The third kappa shape index (κ3) is 2.69. The van der Waals surface area contributed by atoms with Gasteiger partial charge in [0, 0.05) is 31.4 Å². The molecule has 0 spiro atoms. The van der Waals surface area contributed by atoms with Crippen molar-refractivity contribution in [3.8, 4) is 0 Å². The van der Waals surface area contributed by atoms with Gasteiger partial charge in [-0.1, -0.05) is 12.8 Å². The first-order valence-corrected chi connectivity index (χ1v) is 7.29. The highest BCUT2D eigenvalue weighted by Crippen LogP contribution is 2.29. The van der Waals surface area contributed by atoms with Crippen molar-refractivity contribution in [2.75, 3.05) is 6.54 Å². The summed E-state index contributed by atoms with van der Waals surface area (Å²) in [6.45, 7) is 0.966. The summed E-state index contributed by atoms with van der Waals surface area (Å²) in [6.07, 6.45) is 8.30. The molecule has 0 bridgehead atoms. The highest BCUT2D eigenvalue weighted by molar-refractivity contribution is 5.89. The van der Waals surface area contributed by atoms with Gasteiger partial charge in [-0.3, -0.25) is 9.59 Å². The SMILES string of the molecule is O=C(NCc1ncc[nH]1)C1CC(=O)N(C2CCCC2)C1. The number of H-pyrrole nitrogens is 1. The molecule has 1 aliphatic heterocycles. The van der Waals surface area contributed by atoms with E-state index in [0.29, 0.717) is 25.6 Å². The smallest absolute Gasteiger partial charge is 0.225 e. The molecule has 0 aromatic carbocycles. The van der Waals surface area contributed by atoms with Crippen molar-refractivity contribution in [1.82, 2.24) is 20.2 Å². The van der Waals surface area contributed by atoms with Crippen LogP contribution in [0.2, 0.25) is 0 Å². The largest absolute Gasteiger partial charge is 0.349 e. The zero-order valence-corrected chi connectivity index (χ0v) is 11.5. The number of hydrogen-bond donors (Lipinski definition) is 2. The van der Waals surface area contributed by atoms with E-state index < -0.39 is 0 Å². The Morgan fingerprint density at radius 2 is 2.25 bits per heavy atom. The summed E-state index contributed by atoms with van der Waals surface area (Å²) in [6, 6.07) is 0.366. The average Bonchev–Trinajstić information content (AvgIpc) is 3.17. The van der Waals surface area contributed by atoms with Crippen LogP contribution >= 0.6 is 0 Å². The highest BCUT2D eigenvalue weighted by Gasteiger charge is 2.38. The minimum Gasteiger partial charge on any atom is -0.349 e. The third-order valence-corrected chi connectivity index (χ3v) is 4.28. The van der Waals surface area contributed by atoms with E-state index >= 15 is 0 Å². The summed E-state index contributed by atoms with van der Waals surface area (Å²) in [5, 5.41) is 2.85. The molecule has 20 heavy (non-hydrogen) atoms. The molecule has 108 valence electrons. The molecule has 1 saturated carbocycles. The molecular formula is C14H20N4O2. The van der Waals surface area contributed by atoms with E-state index in [0.717, 1.165) is 18.7 Å². The topological polar surface area (TPSA) is 78.1 Å². The number of aromatic amines is 1. The number of rotatable bonds is 4. The first-order valence-electron chi connectivity index (χ1n) is 7.29. The summed E-state index contributed by atoms with van der Waals surface area (Å²) < 4.78 is 0. The van der Waals surface area contributed by atoms with Crippen molar-refractivity contribution in [3.63, 3.8) is 0 Å². The van der Waals surface area contributed by atoms with Crippen molar-refractivity contribution < 1.29 is 9.59 Å². The minimum atomic E-state index is -0.210. The number of likely N-dealkylation sites (tertiary alicyclic amines) is 1. The maximum atomic E-state index is 12.1. The Morgan fingerprint density at radius 3 is 2.95 bits per heavy atom. The Hall–Kier alpha value is -1.85. The Labute approximate surface area is 117 Å². The molecule has 6 nitrogen and oxygen atoms in total. The van der Waals surface area contributed by atoms with E-state index in [1.54, 1.807) is 12.4 Å². The zero-order chi connectivity index (χ0) is 13.9. The van der Waals surface area contributed by atoms with Gasteiger partial charge in [-0.25, -0.2) is 4.98 Å². The monoisotopic (exact) mass is 276 g/mol. The van der Waals surface area contributed by atoms with E-state index in [2.05, 4.69) is 15.3 Å². The summed E-state index contributed by atoms with van der Waals surface area (Å²) in [5.41, 5.74) is 0. The van der Waals surface area contributed by atoms with Gasteiger partial charge in [0.05, 0.1) is 12.5 Å². The molecule has 2 fully saturated rings. The Kier molecular flexibility index (Phi) is 3.71. The molecule has 2 N–H and O–H groups in total. The first-order chi connectivity index (χ1) is 9.74. The third-order valence-electron chi connectivity index (χ3n) is 4.28. The first kappa shape index (κ1) is 13.1. The van der Waals surface area contributed by atoms with Crippen LogP contribution in [0, 0.1) is 5.92 Å². The lowest BCUT2D eigenvalue weighted by Crippen LogP contribution is -2.36. The van der Waals surface area contributed by atoms with Crippen molar-refractivity contribution in [3.05, 3.63) is 18.2 Å². The van der Waals surface area contributed by atoms with E-state index in [-0.39, 0.29) is 17.7 Å². The van der Waals surface area contributed by atoms with Crippen LogP contribution in [0.3, 0.4) is 0 Å². The lowest BCUT2D eigenvalue weighted by molar-refractivity contribution is -0.130. The number of nitrogens with zero attached hydrogens (tertiary/aromatic N) is 2. The van der Waals surface area contributed by atoms with Crippen LogP contribution in [0.5, 0.6) is 0 Å². The van der Waals surface area contributed by atoms with Gasteiger partial charge in [0.2, 0.25) is 11.8 Å². The number of amides is 2. The molecule has 0 radical (unpaired) electrons. The van der Waals surface area contributed by atoms with Crippen LogP contribution in [0.1, 0.15) is 37.9 Å². The van der Waals surface area contributed by atoms with Crippen LogP contribution in [0.4, 0.5) is 0 Å². The van der Waals surface area contributed by atoms with E-state index in [1.807, 2.05) is 4.90 Å². The fraction of sp³-hybridized carbons (Fsp3) is 0.643. The van der Waals surface area contributed by atoms with Gasteiger partial charge in [-0.15, -0.1) is 0 Å². The van der Waals surface area contributed by atoms with Crippen LogP contribution in [0.15, 0.2) is 12.4 Å². The Bertz CT molecular complexity index is 479. The van der Waals surface area contributed by atoms with E-state index in [4.69, 9.17) is 0 Å². The van der Waals surface area contributed by atoms with Crippen molar-refractivity contribution >= 4 is 11.8 Å². The summed E-state index contributed by atoms with van der Waals surface area (Å²) in [4.78, 5) is 33.1. The predicted molar refractivity (Wildman–Crippen MR) is 72.5 cm³/mol. The van der Waals surface area contributed by atoms with Crippen molar-refractivity contribution in [2.24, 2.45) is 5.92 Å². The summed E-state index contributed by atoms with van der Waals surface area (Å²) in [5.74, 6) is 0.610. The molecule has 1 unspecified atom stereocenters. The summed E-state index contributed by atoms with van der Waals surface area (Å²) in [7, 11) is 0. The van der Waals surface area contributed by atoms with Gasteiger partial charge in [0.15, 0.2) is 0 Å². The second-order valence-electron chi connectivity index (χ2n) is 5.64. The molecule has 1 saturated heterocycles. The van der Waals surface area contributed by atoms with Gasteiger partial charge in [0.1, 0.15) is 5.82 Å². The average molecular weight is 276 g/mol. The van der Waals surface area contributed by atoms with Crippen LogP contribution in [0.25, 0.3) is 0 Å². The predicted octanol–water partition coefficient (Wildman–Crippen LogP) is 0.817. The standard InChI is InChI=1S/C14H20N4O2/c19-13-7-10(9-18(13)11-3-1-2-4-11)14(20)17-8-12-15-5-6-16-12/h5-6,10-11H,1-4,7-9H2,(H,15,16)(H,17,20). The van der Waals surface area contributed by atoms with Crippen molar-refractivity contribution in [2.45, 2.75) is 44.7 Å². The molecule has 2 heterocycles. The normalized spacial score (nSPS) is 23.5. The van der Waals surface area contributed by atoms with Crippen LogP contribution < -0.4 is 5.32 Å². The number of carbonyl (C=O) groups is 2. The molecule has 3 rings (SSSR count). The minimum absolute atomic E-state index is 0.0461. The van der Waals surface area contributed by atoms with E-state index in [1.165, 1.54) is 12.8 Å². The molecule has 1 aromatic rings. The molecule has 1 aromatic heterocycles. The van der Waals surface area contributed by atoms with Crippen LogP contribution in [-0.4, -0.2) is 39.3 Å². The Morgan fingerprint density at radius 1 is 1.45 bits per heavy atom. The zero-order valence-electron chi connectivity index (χ0n) is 11.5. The maximum Gasteiger partial charge on any atom is 0.225 e. The van der Waals surface area contributed by atoms with E-state index in [9.17, 15) is 9.59 Å². The Balaban J connectivity index is 1.52. The van der Waals surface area contributed by atoms with Gasteiger partial charge in [-0.05, 0) is 12.8 Å². The molecular weight excluding hydrogens is 256 g/mol. The molecule has 6 heteroatoms. The van der Waals surface area contributed by atoms with Gasteiger partial charge < -0.3 is 15.2 Å². The quantitative estimate of drug-likeness (QED) is 0.854. The maximum absolute atomic E-state index is 12.1. The van der Waals surface area contributed by atoms with Crippen molar-refractivity contribution in [1.29, 1.82) is 0 Å². The lowest BCUT2D eigenvalue weighted by atomic mass is 10.1. The fourth-order valence-corrected chi connectivity index (χ4v) is 3.19. The highest BCUT2D eigenvalue weighted by atomic mass is 16.2. The number of imidazole rings is 1. The fourth-order valence-electron chi connectivity index (χ4n) is 3.19. The molecule has 2 aliphatic rings. The number of hydrogen-bond acceptors (Lipinski definition) is 3. The van der Waals surface area contributed by atoms with Gasteiger partial charge in [0.25, 0.3) is 0 Å². The number of aromatic nitrogens is 2. The van der Waals surface area contributed by atoms with Crippen LogP contribution in [-0.2, 0) is 16.1 Å². The second-order valence-corrected chi connectivity index (χ2v) is 5.64. The number of nitrogens with one attached hydrogen (secondary N) is 2. The molecule has 2 amide bonds. The second kappa shape index (κ2) is 5.64.